The van der Waals surface area contributed by atoms with Gasteiger partial charge in [0.1, 0.15) is 0 Å². The SMILES string of the molecule is CCCCOC(=O)C(CC)C[S]. The van der Waals surface area contributed by atoms with Crippen LogP contribution >= 0.6 is 12.6 Å². The van der Waals surface area contributed by atoms with Crippen LogP contribution < -0.4 is 0 Å². The molecule has 2 nitrogen and oxygen atoms in total. The van der Waals surface area contributed by atoms with Gasteiger partial charge in [-0.25, -0.2) is 0 Å². The lowest BCUT2D eigenvalue weighted by molar-refractivity contribution is -0.147. The second kappa shape index (κ2) is 7.47. The second-order valence-corrected chi connectivity index (χ2v) is 3.13. The Labute approximate surface area is 80.1 Å². The minimum atomic E-state index is -0.124. The van der Waals surface area contributed by atoms with Crippen LogP contribution in [0.4, 0.5) is 0 Å². The molecule has 0 spiro atoms. The molecule has 0 bridgehead atoms. The van der Waals surface area contributed by atoms with Gasteiger partial charge in [-0.2, -0.15) is 0 Å². The van der Waals surface area contributed by atoms with E-state index < -0.39 is 0 Å². The number of carbonyl (C=O) groups is 1. The van der Waals surface area contributed by atoms with Crippen LogP contribution in [0.2, 0.25) is 0 Å². The molecule has 1 unspecified atom stereocenters. The highest BCUT2D eigenvalue weighted by Gasteiger charge is 2.15. The molecule has 0 amide bonds. The number of ether oxygens (including phenoxy) is 1. The second-order valence-electron chi connectivity index (χ2n) is 2.79. The zero-order valence-electron chi connectivity index (χ0n) is 7.84. The van der Waals surface area contributed by atoms with Crippen LogP contribution in [0.5, 0.6) is 0 Å². The highest BCUT2D eigenvalue weighted by molar-refractivity contribution is 7.80. The Morgan fingerprint density at radius 3 is 2.58 bits per heavy atom. The Kier molecular flexibility index (Phi) is 7.36. The molecule has 0 aliphatic carbocycles. The van der Waals surface area contributed by atoms with Crippen LogP contribution in [0.3, 0.4) is 0 Å². The molecule has 0 aromatic carbocycles. The maximum Gasteiger partial charge on any atom is 0.309 e. The predicted octanol–water partition coefficient (Wildman–Crippen LogP) is 2.55. The highest BCUT2D eigenvalue weighted by atomic mass is 32.1. The van der Waals surface area contributed by atoms with Crippen molar-refractivity contribution in [2.75, 3.05) is 12.4 Å². The molecule has 0 fully saturated rings. The van der Waals surface area contributed by atoms with Crippen LogP contribution in [-0.2, 0) is 9.53 Å². The van der Waals surface area contributed by atoms with E-state index in [1.807, 2.05) is 6.92 Å². The lowest BCUT2D eigenvalue weighted by atomic mass is 10.1. The summed E-state index contributed by atoms with van der Waals surface area (Å²) < 4.78 is 5.02. The number of esters is 1. The lowest BCUT2D eigenvalue weighted by Crippen LogP contribution is -2.18. The summed E-state index contributed by atoms with van der Waals surface area (Å²) in [5.74, 6) is 0.277. The van der Waals surface area contributed by atoms with E-state index in [4.69, 9.17) is 17.4 Å². The summed E-state index contributed by atoms with van der Waals surface area (Å²) >= 11 is 4.83. The summed E-state index contributed by atoms with van der Waals surface area (Å²) in [4.78, 5) is 11.2. The monoisotopic (exact) mass is 189 g/mol. The van der Waals surface area contributed by atoms with Crippen LogP contribution in [0, 0.1) is 5.92 Å². The summed E-state index contributed by atoms with van der Waals surface area (Å²) in [5, 5.41) is 0. The molecular weight excluding hydrogens is 172 g/mol. The molecular formula is C9H17O2S. The summed E-state index contributed by atoms with van der Waals surface area (Å²) in [7, 11) is 0. The summed E-state index contributed by atoms with van der Waals surface area (Å²) in [5.41, 5.74) is 0. The Bertz CT molecular complexity index is 122. The van der Waals surface area contributed by atoms with Crippen molar-refractivity contribution in [3.05, 3.63) is 0 Å². The van der Waals surface area contributed by atoms with Gasteiger partial charge in [0.05, 0.1) is 12.5 Å². The van der Waals surface area contributed by atoms with E-state index in [0.29, 0.717) is 12.4 Å². The quantitative estimate of drug-likeness (QED) is 0.474. The Morgan fingerprint density at radius 2 is 2.17 bits per heavy atom. The topological polar surface area (TPSA) is 26.3 Å². The molecule has 1 atom stereocenters. The summed E-state index contributed by atoms with van der Waals surface area (Å²) in [6.45, 7) is 4.57. The molecule has 0 aromatic rings. The largest absolute Gasteiger partial charge is 0.465 e. The summed E-state index contributed by atoms with van der Waals surface area (Å²) in [6, 6.07) is 0. The third-order valence-corrected chi connectivity index (χ3v) is 2.17. The first-order valence-electron chi connectivity index (χ1n) is 4.50. The Balaban J connectivity index is 3.54. The molecule has 1 radical (unpaired) electrons. The van der Waals surface area contributed by atoms with Crippen LogP contribution in [0.15, 0.2) is 0 Å². The van der Waals surface area contributed by atoms with E-state index in [0.717, 1.165) is 19.3 Å². The first kappa shape index (κ1) is 11.8. The number of unbranched alkanes of at least 4 members (excludes halogenated alkanes) is 1. The van der Waals surface area contributed by atoms with Crippen molar-refractivity contribution < 1.29 is 9.53 Å². The molecule has 0 aromatic heterocycles. The minimum absolute atomic E-state index is 0.0724. The Morgan fingerprint density at radius 1 is 1.50 bits per heavy atom. The van der Waals surface area contributed by atoms with Crippen molar-refractivity contribution in [2.45, 2.75) is 33.1 Å². The van der Waals surface area contributed by atoms with E-state index in [9.17, 15) is 4.79 Å². The first-order valence-corrected chi connectivity index (χ1v) is 5.08. The van der Waals surface area contributed by atoms with Crippen molar-refractivity contribution in [1.82, 2.24) is 0 Å². The molecule has 0 aliphatic rings. The van der Waals surface area contributed by atoms with Gasteiger partial charge in [-0.05, 0) is 12.8 Å². The average Bonchev–Trinajstić information content (AvgIpc) is 2.07. The molecule has 0 saturated heterocycles. The average molecular weight is 189 g/mol. The molecule has 71 valence electrons. The van der Waals surface area contributed by atoms with E-state index in [1.54, 1.807) is 0 Å². The van der Waals surface area contributed by atoms with Gasteiger partial charge < -0.3 is 4.74 Å². The maximum absolute atomic E-state index is 11.2. The van der Waals surface area contributed by atoms with Gasteiger partial charge in [0.25, 0.3) is 0 Å². The molecule has 0 N–H and O–H groups in total. The maximum atomic E-state index is 11.2. The molecule has 12 heavy (non-hydrogen) atoms. The van der Waals surface area contributed by atoms with Crippen LogP contribution in [0.1, 0.15) is 33.1 Å². The van der Waals surface area contributed by atoms with Gasteiger partial charge >= 0.3 is 5.97 Å². The summed E-state index contributed by atoms with van der Waals surface area (Å²) in [6.07, 6.45) is 2.78. The third kappa shape index (κ3) is 4.65. The normalized spacial score (nSPS) is 12.6. The smallest absolute Gasteiger partial charge is 0.309 e. The number of rotatable bonds is 6. The van der Waals surface area contributed by atoms with Gasteiger partial charge in [-0.15, -0.1) is 0 Å². The molecule has 0 aliphatic heterocycles. The van der Waals surface area contributed by atoms with Gasteiger partial charge in [-0.1, -0.05) is 32.9 Å². The van der Waals surface area contributed by atoms with Crippen LogP contribution in [-0.4, -0.2) is 18.3 Å². The minimum Gasteiger partial charge on any atom is -0.465 e. The van der Waals surface area contributed by atoms with E-state index in [-0.39, 0.29) is 11.9 Å². The zero-order valence-corrected chi connectivity index (χ0v) is 8.65. The first-order chi connectivity index (χ1) is 5.76. The van der Waals surface area contributed by atoms with Gasteiger partial charge in [0, 0.05) is 5.75 Å². The van der Waals surface area contributed by atoms with Gasteiger partial charge in [-0.3, -0.25) is 4.79 Å². The third-order valence-electron chi connectivity index (χ3n) is 1.77. The molecule has 0 heterocycles. The van der Waals surface area contributed by atoms with Crippen molar-refractivity contribution in [1.29, 1.82) is 0 Å². The molecule has 3 heteroatoms. The predicted molar refractivity (Wildman–Crippen MR) is 52.1 cm³/mol. The van der Waals surface area contributed by atoms with E-state index in [1.165, 1.54) is 0 Å². The molecule has 0 rings (SSSR count). The van der Waals surface area contributed by atoms with Gasteiger partial charge in [0.15, 0.2) is 0 Å². The Hall–Kier alpha value is -0.180. The fourth-order valence-electron chi connectivity index (χ4n) is 0.788. The van der Waals surface area contributed by atoms with E-state index in [2.05, 4.69) is 6.92 Å². The fourth-order valence-corrected chi connectivity index (χ4v) is 1.16. The molecule has 0 saturated carbocycles. The van der Waals surface area contributed by atoms with Crippen molar-refractivity contribution >= 4 is 18.6 Å². The highest BCUT2D eigenvalue weighted by Crippen LogP contribution is 2.07. The van der Waals surface area contributed by atoms with Gasteiger partial charge in [0.2, 0.25) is 0 Å². The fraction of sp³-hybridized carbons (Fsp3) is 0.889. The van der Waals surface area contributed by atoms with Crippen LogP contribution in [0.25, 0.3) is 0 Å². The standard InChI is InChI=1S/C9H17O2S/c1-3-5-6-11-9(10)8(4-2)7-12/h8H,3-7H2,1-2H3. The van der Waals surface area contributed by atoms with Crippen molar-refractivity contribution in [2.24, 2.45) is 5.92 Å². The van der Waals surface area contributed by atoms with Crippen molar-refractivity contribution in [3.8, 4) is 0 Å². The number of hydrogen-bond acceptors (Lipinski definition) is 2. The number of carbonyl (C=O) groups excluding carboxylic acids is 1. The lowest BCUT2D eigenvalue weighted by Gasteiger charge is -2.10. The van der Waals surface area contributed by atoms with E-state index >= 15 is 0 Å². The van der Waals surface area contributed by atoms with Crippen molar-refractivity contribution in [3.63, 3.8) is 0 Å². The number of hydrogen-bond donors (Lipinski definition) is 0. The zero-order chi connectivity index (χ0) is 9.40.